The molecule has 1 heterocycles. The average molecular weight is 231 g/mol. The molecule has 0 aliphatic heterocycles. The molecular weight excluding hydrogens is 210 g/mol. The first-order valence-electron chi connectivity index (χ1n) is 6.65. The number of rotatable bonds is 2. The fourth-order valence-electron chi connectivity index (χ4n) is 2.94. The fraction of sp³-hybridized carbons (Fsp3) is 0.714. The number of hydrogen-bond acceptors (Lipinski definition) is 3. The molecule has 0 radical (unpaired) electrons. The van der Waals surface area contributed by atoms with Crippen LogP contribution < -0.4 is 5.32 Å². The van der Waals surface area contributed by atoms with Gasteiger partial charge < -0.3 is 5.32 Å². The zero-order chi connectivity index (χ0) is 12.0. The molecule has 0 spiro atoms. The van der Waals surface area contributed by atoms with Crippen molar-refractivity contribution in [1.82, 2.24) is 15.3 Å². The number of nitrogens with one attached hydrogen (secondary N) is 1. The van der Waals surface area contributed by atoms with Gasteiger partial charge in [-0.3, -0.25) is 0 Å². The Bertz CT molecular complexity index is 439. The van der Waals surface area contributed by atoms with Crippen LogP contribution in [0.4, 0.5) is 0 Å². The molecule has 2 unspecified atom stereocenters. The SMILES string of the molecule is CNC1CCCc2nc(C3CC3(C)C)ncc21. The number of fused-ring (bicyclic) bond motifs is 1. The van der Waals surface area contributed by atoms with Crippen molar-refractivity contribution in [2.75, 3.05) is 7.05 Å². The first-order valence-corrected chi connectivity index (χ1v) is 6.65. The number of aryl methyl sites for hydroxylation is 1. The summed E-state index contributed by atoms with van der Waals surface area (Å²) in [5, 5.41) is 3.36. The van der Waals surface area contributed by atoms with Crippen molar-refractivity contribution >= 4 is 0 Å². The fourth-order valence-corrected chi connectivity index (χ4v) is 2.94. The molecule has 92 valence electrons. The largest absolute Gasteiger partial charge is 0.313 e. The number of nitrogens with zero attached hydrogens (tertiary/aromatic N) is 2. The predicted molar refractivity (Wildman–Crippen MR) is 67.9 cm³/mol. The Kier molecular flexibility index (Phi) is 2.47. The minimum absolute atomic E-state index is 0.422. The molecule has 1 aromatic heterocycles. The van der Waals surface area contributed by atoms with Crippen LogP contribution in [0.1, 0.15) is 62.2 Å². The van der Waals surface area contributed by atoms with Gasteiger partial charge in [-0.05, 0) is 38.1 Å². The molecule has 17 heavy (non-hydrogen) atoms. The molecule has 1 fully saturated rings. The molecular formula is C14H21N3. The average Bonchev–Trinajstić information content (AvgIpc) is 2.97. The van der Waals surface area contributed by atoms with Crippen LogP contribution in [0.2, 0.25) is 0 Å². The highest BCUT2D eigenvalue weighted by Gasteiger charge is 2.48. The lowest BCUT2D eigenvalue weighted by molar-refractivity contribution is 0.484. The van der Waals surface area contributed by atoms with Crippen molar-refractivity contribution in [3.63, 3.8) is 0 Å². The molecule has 0 bridgehead atoms. The van der Waals surface area contributed by atoms with Crippen LogP contribution >= 0.6 is 0 Å². The lowest BCUT2D eigenvalue weighted by Gasteiger charge is -2.24. The van der Waals surface area contributed by atoms with E-state index in [0.29, 0.717) is 17.4 Å². The van der Waals surface area contributed by atoms with Gasteiger partial charge in [-0.1, -0.05) is 13.8 Å². The van der Waals surface area contributed by atoms with E-state index in [2.05, 4.69) is 30.3 Å². The summed E-state index contributed by atoms with van der Waals surface area (Å²) in [5.41, 5.74) is 3.02. The van der Waals surface area contributed by atoms with Gasteiger partial charge >= 0.3 is 0 Å². The maximum Gasteiger partial charge on any atom is 0.132 e. The van der Waals surface area contributed by atoms with Crippen LogP contribution in [0.3, 0.4) is 0 Å². The highest BCUT2D eigenvalue weighted by atomic mass is 14.9. The van der Waals surface area contributed by atoms with Crippen LogP contribution in [0.5, 0.6) is 0 Å². The zero-order valence-electron chi connectivity index (χ0n) is 11.0. The standard InChI is InChI=1S/C14H21N3/c1-14(2)7-10(14)13-16-8-9-11(15-3)5-4-6-12(9)17-13/h8,10-11,15H,4-7H2,1-3H3. The third-order valence-corrected chi connectivity index (χ3v) is 4.37. The Hall–Kier alpha value is -0.960. The number of hydrogen-bond donors (Lipinski definition) is 1. The quantitative estimate of drug-likeness (QED) is 0.850. The first-order chi connectivity index (χ1) is 8.12. The van der Waals surface area contributed by atoms with E-state index in [9.17, 15) is 0 Å². The summed E-state index contributed by atoms with van der Waals surface area (Å²) in [7, 11) is 2.03. The second kappa shape index (κ2) is 3.77. The summed E-state index contributed by atoms with van der Waals surface area (Å²) in [5.74, 6) is 1.66. The van der Waals surface area contributed by atoms with Gasteiger partial charge in [-0.15, -0.1) is 0 Å². The van der Waals surface area contributed by atoms with E-state index in [1.807, 2.05) is 7.05 Å². The van der Waals surface area contributed by atoms with Crippen molar-refractivity contribution in [3.05, 3.63) is 23.3 Å². The Balaban J connectivity index is 1.91. The van der Waals surface area contributed by atoms with Gasteiger partial charge in [0, 0.05) is 29.4 Å². The topological polar surface area (TPSA) is 37.8 Å². The van der Waals surface area contributed by atoms with E-state index in [0.717, 1.165) is 12.2 Å². The third-order valence-electron chi connectivity index (χ3n) is 4.37. The van der Waals surface area contributed by atoms with Crippen LogP contribution in [0.25, 0.3) is 0 Å². The maximum atomic E-state index is 4.82. The van der Waals surface area contributed by atoms with Gasteiger partial charge in [0.2, 0.25) is 0 Å². The summed E-state index contributed by atoms with van der Waals surface area (Å²) >= 11 is 0. The number of aromatic nitrogens is 2. The Morgan fingerprint density at radius 3 is 2.82 bits per heavy atom. The minimum atomic E-state index is 0.422. The second-order valence-electron chi connectivity index (χ2n) is 6.11. The van der Waals surface area contributed by atoms with Crippen LogP contribution in [0, 0.1) is 5.41 Å². The molecule has 1 N–H and O–H groups in total. The molecule has 2 aliphatic rings. The lowest BCUT2D eigenvalue weighted by atomic mass is 9.92. The molecule has 1 saturated carbocycles. The normalized spacial score (nSPS) is 29.8. The van der Waals surface area contributed by atoms with Gasteiger partial charge in [0.25, 0.3) is 0 Å². The van der Waals surface area contributed by atoms with Gasteiger partial charge in [0.1, 0.15) is 5.82 Å². The summed E-state index contributed by atoms with van der Waals surface area (Å²) in [6, 6.07) is 0.458. The smallest absolute Gasteiger partial charge is 0.132 e. The summed E-state index contributed by atoms with van der Waals surface area (Å²) in [4.78, 5) is 9.41. The van der Waals surface area contributed by atoms with E-state index < -0.39 is 0 Å². The zero-order valence-corrected chi connectivity index (χ0v) is 11.0. The Morgan fingerprint density at radius 2 is 2.18 bits per heavy atom. The van der Waals surface area contributed by atoms with Crippen molar-refractivity contribution in [2.24, 2.45) is 5.41 Å². The minimum Gasteiger partial charge on any atom is -0.313 e. The van der Waals surface area contributed by atoms with Crippen molar-refractivity contribution in [1.29, 1.82) is 0 Å². The molecule has 0 saturated heterocycles. The van der Waals surface area contributed by atoms with Gasteiger partial charge in [0.05, 0.1) is 0 Å². The second-order valence-corrected chi connectivity index (χ2v) is 6.11. The lowest BCUT2D eigenvalue weighted by Crippen LogP contribution is -2.23. The third kappa shape index (κ3) is 1.86. The van der Waals surface area contributed by atoms with E-state index in [4.69, 9.17) is 4.98 Å². The first kappa shape index (κ1) is 11.1. The summed E-state index contributed by atoms with van der Waals surface area (Å²) in [6.45, 7) is 4.60. The predicted octanol–water partition coefficient (Wildman–Crippen LogP) is 2.59. The molecule has 0 aromatic carbocycles. The van der Waals surface area contributed by atoms with Gasteiger partial charge in [-0.2, -0.15) is 0 Å². The Labute approximate surface area is 103 Å². The molecule has 2 aliphatic carbocycles. The van der Waals surface area contributed by atoms with Gasteiger partial charge in [-0.25, -0.2) is 9.97 Å². The molecule has 3 rings (SSSR count). The van der Waals surface area contributed by atoms with E-state index >= 15 is 0 Å². The summed E-state index contributed by atoms with van der Waals surface area (Å²) in [6.07, 6.45) is 6.87. The molecule has 3 heteroatoms. The molecule has 3 nitrogen and oxygen atoms in total. The molecule has 0 amide bonds. The highest BCUT2D eigenvalue weighted by molar-refractivity contribution is 5.27. The van der Waals surface area contributed by atoms with Crippen molar-refractivity contribution in [2.45, 2.75) is 51.5 Å². The van der Waals surface area contributed by atoms with Gasteiger partial charge in [0.15, 0.2) is 0 Å². The van der Waals surface area contributed by atoms with E-state index in [-0.39, 0.29) is 0 Å². The molecule has 1 aromatic rings. The van der Waals surface area contributed by atoms with Crippen LogP contribution in [0.15, 0.2) is 6.20 Å². The maximum absolute atomic E-state index is 4.82. The van der Waals surface area contributed by atoms with Crippen molar-refractivity contribution < 1.29 is 0 Å². The van der Waals surface area contributed by atoms with E-state index in [1.54, 1.807) is 0 Å². The van der Waals surface area contributed by atoms with Crippen LogP contribution in [-0.2, 0) is 6.42 Å². The van der Waals surface area contributed by atoms with Crippen molar-refractivity contribution in [3.8, 4) is 0 Å². The Morgan fingerprint density at radius 1 is 1.41 bits per heavy atom. The monoisotopic (exact) mass is 231 g/mol. The van der Waals surface area contributed by atoms with E-state index in [1.165, 1.54) is 30.5 Å². The molecule has 2 atom stereocenters. The summed E-state index contributed by atoms with van der Waals surface area (Å²) < 4.78 is 0. The van der Waals surface area contributed by atoms with Crippen LogP contribution in [-0.4, -0.2) is 17.0 Å². The highest BCUT2D eigenvalue weighted by Crippen LogP contribution is 2.57.